The summed E-state index contributed by atoms with van der Waals surface area (Å²) < 4.78 is 0. The van der Waals surface area contributed by atoms with Crippen LogP contribution in [0.5, 0.6) is 0 Å². The topological polar surface area (TPSA) is 105 Å². The van der Waals surface area contributed by atoms with E-state index in [0.29, 0.717) is 11.5 Å². The number of nitrogens with zero attached hydrogens (tertiary/aromatic N) is 4. The number of thiazole rings is 1. The van der Waals surface area contributed by atoms with Gasteiger partial charge < -0.3 is 16.0 Å². The van der Waals surface area contributed by atoms with Crippen LogP contribution >= 0.6 is 11.3 Å². The molecule has 3 aromatic heterocycles. The summed E-state index contributed by atoms with van der Waals surface area (Å²) in [6.45, 7) is 0.761. The van der Waals surface area contributed by atoms with Gasteiger partial charge in [-0.15, -0.1) is 11.3 Å². The molecule has 0 fully saturated rings. The molecule has 0 amide bonds. The minimum absolute atomic E-state index is 0.229. The number of nitrogens with one attached hydrogen (secondary N) is 2. The van der Waals surface area contributed by atoms with Gasteiger partial charge in [-0.2, -0.15) is 9.97 Å². The molecule has 8 heteroatoms. The normalized spacial score (nSPS) is 14.2. The maximum Gasteiger partial charge on any atom is 0.224 e. The van der Waals surface area contributed by atoms with Crippen molar-refractivity contribution in [3.05, 3.63) is 21.9 Å². The number of fused-ring (bicyclic) bond motifs is 2. The lowest BCUT2D eigenvalue weighted by molar-refractivity contribution is 0.680. The highest BCUT2D eigenvalue weighted by Gasteiger charge is 2.15. The average Bonchev–Trinajstić information content (AvgIpc) is 3.12. The highest BCUT2D eigenvalue weighted by molar-refractivity contribution is 7.11. The van der Waals surface area contributed by atoms with E-state index in [1.807, 2.05) is 11.3 Å². The summed E-state index contributed by atoms with van der Waals surface area (Å²) in [5.74, 6) is 0.924. The van der Waals surface area contributed by atoms with Gasteiger partial charge in [0.1, 0.15) is 5.52 Å². The Morgan fingerprint density at radius 1 is 1.23 bits per heavy atom. The highest BCUT2D eigenvalue weighted by atomic mass is 32.1. The number of hydrogen-bond donors (Lipinski definition) is 3. The van der Waals surface area contributed by atoms with E-state index in [9.17, 15) is 0 Å². The van der Waals surface area contributed by atoms with Crippen LogP contribution in [0.25, 0.3) is 11.2 Å². The van der Waals surface area contributed by atoms with Crippen LogP contribution in [0, 0.1) is 0 Å². The predicted octanol–water partition coefficient (Wildman–Crippen LogP) is 1.93. The number of anilines is 2. The van der Waals surface area contributed by atoms with Gasteiger partial charge in [0.05, 0.1) is 17.0 Å². The van der Waals surface area contributed by atoms with Crippen LogP contribution < -0.4 is 11.1 Å². The Hall–Kier alpha value is -2.22. The molecule has 114 valence electrons. The molecule has 0 unspecified atom stereocenters. The van der Waals surface area contributed by atoms with Crippen molar-refractivity contribution in [2.24, 2.45) is 0 Å². The molecular weight excluding hydrogens is 298 g/mol. The first kappa shape index (κ1) is 13.4. The molecule has 0 atom stereocenters. The lowest BCUT2D eigenvalue weighted by Gasteiger charge is -2.06. The first-order valence-corrected chi connectivity index (χ1v) is 8.29. The van der Waals surface area contributed by atoms with Crippen molar-refractivity contribution in [1.29, 1.82) is 0 Å². The number of H-pyrrole nitrogens is 1. The fourth-order valence-electron chi connectivity index (χ4n) is 2.78. The van der Waals surface area contributed by atoms with Crippen LogP contribution in [0.3, 0.4) is 0 Å². The Balaban J connectivity index is 1.46. The van der Waals surface area contributed by atoms with Crippen molar-refractivity contribution < 1.29 is 0 Å². The van der Waals surface area contributed by atoms with Gasteiger partial charge in [-0.1, -0.05) is 0 Å². The quantitative estimate of drug-likeness (QED) is 0.679. The third-order valence-electron chi connectivity index (χ3n) is 3.82. The number of aryl methyl sites for hydroxylation is 2. The van der Waals surface area contributed by atoms with Crippen LogP contribution in [0.15, 0.2) is 6.33 Å². The van der Waals surface area contributed by atoms with Crippen molar-refractivity contribution in [1.82, 2.24) is 24.9 Å². The highest BCUT2D eigenvalue weighted by Crippen LogP contribution is 2.27. The lowest BCUT2D eigenvalue weighted by Crippen LogP contribution is -2.09. The smallest absolute Gasteiger partial charge is 0.224 e. The molecule has 0 aromatic carbocycles. The summed E-state index contributed by atoms with van der Waals surface area (Å²) in [6.07, 6.45) is 7.38. The lowest BCUT2D eigenvalue weighted by atomic mass is 10.0. The second-order valence-electron chi connectivity index (χ2n) is 5.39. The van der Waals surface area contributed by atoms with Crippen molar-refractivity contribution in [2.75, 3.05) is 17.6 Å². The van der Waals surface area contributed by atoms with Crippen LogP contribution in [-0.2, 0) is 19.3 Å². The molecular formula is C14H17N7S. The zero-order valence-electron chi connectivity index (χ0n) is 12.1. The summed E-state index contributed by atoms with van der Waals surface area (Å²) in [5, 5.41) is 4.50. The van der Waals surface area contributed by atoms with E-state index in [-0.39, 0.29) is 5.95 Å². The zero-order valence-corrected chi connectivity index (χ0v) is 12.9. The van der Waals surface area contributed by atoms with Crippen LogP contribution in [-0.4, -0.2) is 31.5 Å². The maximum absolute atomic E-state index is 5.71. The van der Waals surface area contributed by atoms with Gasteiger partial charge in [0.25, 0.3) is 0 Å². The molecule has 1 aliphatic carbocycles. The molecule has 22 heavy (non-hydrogen) atoms. The molecule has 0 bridgehead atoms. The Labute approximate surface area is 131 Å². The third kappa shape index (κ3) is 2.50. The molecule has 4 N–H and O–H groups in total. The molecule has 3 heterocycles. The fraction of sp³-hybridized carbons (Fsp3) is 0.429. The number of hydrogen-bond acceptors (Lipinski definition) is 7. The van der Waals surface area contributed by atoms with Crippen molar-refractivity contribution in [2.45, 2.75) is 32.1 Å². The van der Waals surface area contributed by atoms with E-state index in [1.54, 1.807) is 6.33 Å². The number of aromatic nitrogens is 5. The minimum atomic E-state index is 0.229. The number of nitrogen functional groups attached to an aromatic ring is 1. The maximum atomic E-state index is 5.71. The molecule has 0 spiro atoms. The average molecular weight is 315 g/mol. The van der Waals surface area contributed by atoms with E-state index in [1.165, 1.54) is 34.8 Å². The summed E-state index contributed by atoms with van der Waals surface area (Å²) in [4.78, 5) is 21.7. The number of rotatable bonds is 4. The van der Waals surface area contributed by atoms with Gasteiger partial charge in [-0.05, 0) is 25.7 Å². The zero-order chi connectivity index (χ0) is 14.9. The SMILES string of the molecule is Nc1nc(NCCc2nc3c(s2)CCCC3)c2[nH]cnc2n1. The van der Waals surface area contributed by atoms with Crippen LogP contribution in [0.1, 0.15) is 28.4 Å². The summed E-state index contributed by atoms with van der Waals surface area (Å²) in [6, 6.07) is 0. The molecule has 0 radical (unpaired) electrons. The molecule has 0 saturated heterocycles. The Bertz CT molecular complexity index is 783. The second-order valence-corrected chi connectivity index (χ2v) is 6.56. The fourth-order valence-corrected chi connectivity index (χ4v) is 3.93. The van der Waals surface area contributed by atoms with Crippen molar-refractivity contribution in [3.8, 4) is 0 Å². The number of nitrogens with two attached hydrogens (primary N) is 1. The van der Waals surface area contributed by atoms with E-state index in [4.69, 9.17) is 10.7 Å². The third-order valence-corrected chi connectivity index (χ3v) is 5.04. The summed E-state index contributed by atoms with van der Waals surface area (Å²) >= 11 is 1.85. The summed E-state index contributed by atoms with van der Waals surface area (Å²) in [7, 11) is 0. The summed E-state index contributed by atoms with van der Waals surface area (Å²) in [5.41, 5.74) is 8.39. The van der Waals surface area contributed by atoms with Crippen molar-refractivity contribution >= 4 is 34.3 Å². The van der Waals surface area contributed by atoms with Gasteiger partial charge in [0, 0.05) is 17.8 Å². The van der Waals surface area contributed by atoms with Gasteiger partial charge in [-0.25, -0.2) is 9.97 Å². The largest absolute Gasteiger partial charge is 0.368 e. The van der Waals surface area contributed by atoms with E-state index in [2.05, 4.69) is 25.3 Å². The number of imidazole rings is 1. The standard InChI is InChI=1S/C14H17N7S/c15-14-20-12(11-13(21-14)18-7-17-11)16-6-5-10-19-8-3-1-2-4-9(8)22-10/h7H,1-6H2,(H4,15,16,17,18,20,21). The van der Waals surface area contributed by atoms with E-state index in [0.717, 1.165) is 24.9 Å². The van der Waals surface area contributed by atoms with Crippen LogP contribution in [0.4, 0.5) is 11.8 Å². The molecule has 7 nitrogen and oxygen atoms in total. The van der Waals surface area contributed by atoms with E-state index < -0.39 is 0 Å². The number of aromatic amines is 1. The van der Waals surface area contributed by atoms with Gasteiger partial charge >= 0.3 is 0 Å². The Kier molecular flexibility index (Phi) is 3.38. The van der Waals surface area contributed by atoms with Crippen molar-refractivity contribution in [3.63, 3.8) is 0 Å². The molecule has 0 saturated carbocycles. The van der Waals surface area contributed by atoms with E-state index >= 15 is 0 Å². The molecule has 0 aliphatic heterocycles. The Morgan fingerprint density at radius 3 is 3.05 bits per heavy atom. The minimum Gasteiger partial charge on any atom is -0.368 e. The van der Waals surface area contributed by atoms with Gasteiger partial charge in [0.2, 0.25) is 5.95 Å². The monoisotopic (exact) mass is 315 g/mol. The first-order valence-electron chi connectivity index (χ1n) is 7.47. The molecule has 3 aromatic rings. The van der Waals surface area contributed by atoms with Gasteiger partial charge in [-0.3, -0.25) is 0 Å². The molecule has 4 rings (SSSR count). The Morgan fingerprint density at radius 2 is 2.14 bits per heavy atom. The predicted molar refractivity (Wildman–Crippen MR) is 87.0 cm³/mol. The van der Waals surface area contributed by atoms with Crippen LogP contribution in [0.2, 0.25) is 0 Å². The first-order chi connectivity index (χ1) is 10.8. The van der Waals surface area contributed by atoms with Gasteiger partial charge in [0.15, 0.2) is 11.5 Å². The molecule has 1 aliphatic rings. The second kappa shape index (κ2) is 5.53.